The Bertz CT molecular complexity index is 619. The summed E-state index contributed by atoms with van der Waals surface area (Å²) >= 11 is 0. The number of hydrogen-bond acceptors (Lipinski definition) is 2. The molecule has 0 fully saturated rings. The molecule has 0 radical (unpaired) electrons. The fraction of sp³-hybridized carbons (Fsp3) is 0.333. The van der Waals surface area contributed by atoms with Crippen molar-refractivity contribution in [1.29, 1.82) is 0 Å². The van der Waals surface area contributed by atoms with Crippen LogP contribution in [0.15, 0.2) is 36.4 Å². The van der Waals surface area contributed by atoms with Gasteiger partial charge in [0.25, 0.3) is 0 Å². The maximum atomic E-state index is 5.70. The first kappa shape index (κ1) is 13.2. The third-order valence-corrected chi connectivity index (χ3v) is 3.90. The zero-order valence-electron chi connectivity index (χ0n) is 12.2. The number of rotatable bonds is 3. The normalized spacial score (nSPS) is 13.7. The van der Waals surface area contributed by atoms with Crippen LogP contribution in [-0.4, -0.2) is 13.7 Å². The van der Waals surface area contributed by atoms with Gasteiger partial charge in [-0.3, -0.25) is 0 Å². The number of nitrogens with one attached hydrogen (secondary N) is 1. The van der Waals surface area contributed by atoms with Crippen LogP contribution < -0.4 is 10.1 Å². The Morgan fingerprint density at radius 1 is 1.15 bits per heavy atom. The fourth-order valence-electron chi connectivity index (χ4n) is 2.82. The summed E-state index contributed by atoms with van der Waals surface area (Å²) in [6, 6.07) is 13.3. The van der Waals surface area contributed by atoms with Crippen LogP contribution in [0.5, 0.6) is 5.75 Å². The number of aryl methyl sites for hydroxylation is 2. The monoisotopic (exact) mass is 267 g/mol. The van der Waals surface area contributed by atoms with Crippen molar-refractivity contribution in [1.82, 2.24) is 5.32 Å². The first-order valence-corrected chi connectivity index (χ1v) is 7.28. The molecule has 0 unspecified atom stereocenters. The topological polar surface area (TPSA) is 21.3 Å². The Kier molecular flexibility index (Phi) is 3.75. The Morgan fingerprint density at radius 2 is 2.05 bits per heavy atom. The molecule has 0 bridgehead atoms. The molecule has 2 nitrogen and oxygen atoms in total. The molecular formula is C18H21NO. The largest absolute Gasteiger partial charge is 0.493 e. The molecule has 0 saturated heterocycles. The first-order valence-electron chi connectivity index (χ1n) is 7.28. The molecule has 2 aromatic carbocycles. The zero-order valence-corrected chi connectivity index (χ0v) is 12.2. The Morgan fingerprint density at radius 3 is 2.90 bits per heavy atom. The Labute approximate surface area is 120 Å². The highest BCUT2D eigenvalue weighted by molar-refractivity contribution is 5.69. The highest BCUT2D eigenvalue weighted by Crippen LogP contribution is 2.32. The molecule has 1 heterocycles. The lowest BCUT2D eigenvalue weighted by Crippen LogP contribution is -2.08. The Hall–Kier alpha value is -1.80. The second-order valence-corrected chi connectivity index (χ2v) is 5.45. The maximum Gasteiger partial charge on any atom is 0.122 e. The van der Waals surface area contributed by atoms with Gasteiger partial charge in [0.15, 0.2) is 0 Å². The average Bonchev–Trinajstić information content (AvgIpc) is 2.49. The SMILES string of the molecule is CNCc1ccc(C)c(-c2ccc3c(c2)CCCO3)c1. The summed E-state index contributed by atoms with van der Waals surface area (Å²) in [5.74, 6) is 1.06. The van der Waals surface area contributed by atoms with E-state index in [0.29, 0.717) is 0 Å². The highest BCUT2D eigenvalue weighted by Gasteiger charge is 2.12. The van der Waals surface area contributed by atoms with Gasteiger partial charge in [0.05, 0.1) is 6.61 Å². The summed E-state index contributed by atoms with van der Waals surface area (Å²) < 4.78 is 5.70. The van der Waals surface area contributed by atoms with Crippen molar-refractivity contribution in [3.05, 3.63) is 53.1 Å². The van der Waals surface area contributed by atoms with Crippen LogP contribution in [0, 0.1) is 6.92 Å². The molecule has 1 N–H and O–H groups in total. The van der Waals surface area contributed by atoms with Crippen LogP contribution in [0.4, 0.5) is 0 Å². The van der Waals surface area contributed by atoms with Crippen LogP contribution in [0.2, 0.25) is 0 Å². The molecule has 0 aromatic heterocycles. The zero-order chi connectivity index (χ0) is 13.9. The summed E-state index contributed by atoms with van der Waals surface area (Å²) in [7, 11) is 1.98. The molecule has 2 aromatic rings. The lowest BCUT2D eigenvalue weighted by molar-refractivity contribution is 0.288. The van der Waals surface area contributed by atoms with Crippen molar-refractivity contribution in [3.8, 4) is 16.9 Å². The molecular weight excluding hydrogens is 246 g/mol. The van der Waals surface area contributed by atoms with E-state index in [2.05, 4.69) is 48.6 Å². The summed E-state index contributed by atoms with van der Waals surface area (Å²) in [6.07, 6.45) is 2.24. The number of ether oxygens (including phenoxy) is 1. The van der Waals surface area contributed by atoms with Gasteiger partial charge in [-0.25, -0.2) is 0 Å². The number of benzene rings is 2. The van der Waals surface area contributed by atoms with Crippen molar-refractivity contribution in [2.45, 2.75) is 26.3 Å². The summed E-state index contributed by atoms with van der Waals surface area (Å²) in [5, 5.41) is 3.21. The number of fused-ring (bicyclic) bond motifs is 1. The minimum atomic E-state index is 0.850. The van der Waals surface area contributed by atoms with Gasteiger partial charge in [0.1, 0.15) is 5.75 Å². The third kappa shape index (κ3) is 2.56. The predicted octanol–water partition coefficient (Wildman–Crippen LogP) is 3.71. The summed E-state index contributed by atoms with van der Waals surface area (Å²) in [4.78, 5) is 0. The van der Waals surface area contributed by atoms with E-state index >= 15 is 0 Å². The van der Waals surface area contributed by atoms with Crippen molar-refractivity contribution < 1.29 is 4.74 Å². The van der Waals surface area contributed by atoms with Gasteiger partial charge in [0.2, 0.25) is 0 Å². The molecule has 1 aliphatic rings. The van der Waals surface area contributed by atoms with E-state index in [1.54, 1.807) is 0 Å². The molecule has 0 aliphatic carbocycles. The minimum Gasteiger partial charge on any atom is -0.493 e. The van der Waals surface area contributed by atoms with Crippen LogP contribution in [0.25, 0.3) is 11.1 Å². The van der Waals surface area contributed by atoms with Gasteiger partial charge in [-0.15, -0.1) is 0 Å². The standard InChI is InChI=1S/C18H21NO/c1-13-5-6-14(12-19-2)10-17(13)15-7-8-18-16(11-15)4-3-9-20-18/h5-8,10-11,19H,3-4,9,12H2,1-2H3. The van der Waals surface area contributed by atoms with Gasteiger partial charge in [0, 0.05) is 6.54 Å². The third-order valence-electron chi connectivity index (χ3n) is 3.90. The molecule has 3 rings (SSSR count). The van der Waals surface area contributed by atoms with E-state index < -0.39 is 0 Å². The van der Waals surface area contributed by atoms with E-state index in [1.807, 2.05) is 7.05 Å². The summed E-state index contributed by atoms with van der Waals surface area (Å²) in [6.45, 7) is 3.93. The molecule has 20 heavy (non-hydrogen) atoms. The predicted molar refractivity (Wildman–Crippen MR) is 83.2 cm³/mol. The van der Waals surface area contributed by atoms with Crippen LogP contribution >= 0.6 is 0 Å². The van der Waals surface area contributed by atoms with Crippen molar-refractivity contribution >= 4 is 0 Å². The molecule has 0 saturated carbocycles. The van der Waals surface area contributed by atoms with E-state index in [9.17, 15) is 0 Å². The average molecular weight is 267 g/mol. The molecule has 104 valence electrons. The van der Waals surface area contributed by atoms with Crippen molar-refractivity contribution in [3.63, 3.8) is 0 Å². The molecule has 0 spiro atoms. The number of hydrogen-bond donors (Lipinski definition) is 1. The highest BCUT2D eigenvalue weighted by atomic mass is 16.5. The van der Waals surface area contributed by atoms with Crippen LogP contribution in [0.1, 0.15) is 23.1 Å². The first-order chi connectivity index (χ1) is 9.78. The smallest absolute Gasteiger partial charge is 0.122 e. The van der Waals surface area contributed by atoms with Gasteiger partial charge in [-0.05, 0) is 72.8 Å². The van der Waals surface area contributed by atoms with Gasteiger partial charge >= 0.3 is 0 Å². The van der Waals surface area contributed by atoms with E-state index in [0.717, 1.165) is 31.7 Å². The minimum absolute atomic E-state index is 0.850. The maximum absolute atomic E-state index is 5.70. The second kappa shape index (κ2) is 5.68. The van der Waals surface area contributed by atoms with E-state index in [4.69, 9.17) is 4.74 Å². The molecule has 0 amide bonds. The quantitative estimate of drug-likeness (QED) is 0.915. The second-order valence-electron chi connectivity index (χ2n) is 5.45. The summed E-state index contributed by atoms with van der Waals surface area (Å²) in [5.41, 5.74) is 6.60. The molecule has 0 atom stereocenters. The molecule has 2 heteroatoms. The lowest BCUT2D eigenvalue weighted by Gasteiger charge is -2.18. The van der Waals surface area contributed by atoms with Crippen LogP contribution in [0.3, 0.4) is 0 Å². The lowest BCUT2D eigenvalue weighted by atomic mass is 9.95. The Balaban J connectivity index is 2.01. The van der Waals surface area contributed by atoms with E-state index in [1.165, 1.54) is 27.8 Å². The van der Waals surface area contributed by atoms with Gasteiger partial charge in [-0.2, -0.15) is 0 Å². The van der Waals surface area contributed by atoms with Gasteiger partial charge < -0.3 is 10.1 Å². The van der Waals surface area contributed by atoms with Gasteiger partial charge in [-0.1, -0.05) is 18.2 Å². The van der Waals surface area contributed by atoms with Crippen molar-refractivity contribution in [2.75, 3.05) is 13.7 Å². The van der Waals surface area contributed by atoms with Crippen molar-refractivity contribution in [2.24, 2.45) is 0 Å². The van der Waals surface area contributed by atoms with E-state index in [-0.39, 0.29) is 0 Å². The fourth-order valence-corrected chi connectivity index (χ4v) is 2.82. The molecule has 1 aliphatic heterocycles. The van der Waals surface area contributed by atoms with Crippen LogP contribution in [-0.2, 0) is 13.0 Å².